The van der Waals surface area contributed by atoms with Crippen LogP contribution in [0.1, 0.15) is 11.4 Å². The van der Waals surface area contributed by atoms with Crippen molar-refractivity contribution < 1.29 is 5.98 Å². The Morgan fingerprint density at radius 2 is 2.20 bits per heavy atom. The number of hydrogen-bond acceptors (Lipinski definition) is 4. The van der Waals surface area contributed by atoms with E-state index < -0.39 is 0 Å². The number of nitrogens with two attached hydrogens (primary N) is 1. The summed E-state index contributed by atoms with van der Waals surface area (Å²) in [6.07, 6.45) is 3.78. The normalized spacial score (nSPS) is 10.9. The van der Waals surface area contributed by atoms with Crippen LogP contribution in [0.2, 0.25) is 1.41 Å². The fourth-order valence-electron chi connectivity index (χ4n) is 1.30. The molecule has 0 unspecified atom stereocenters. The largest absolute Gasteiger partial charge is 0.442 e. The fraction of sp³-hybridized carbons (Fsp3) is 0.200. The molecular formula is C10H12N5+. The average Bonchev–Trinajstić information content (AvgIpc) is 2.28. The van der Waals surface area contributed by atoms with Gasteiger partial charge in [0.15, 0.2) is 1.41 Å². The van der Waals surface area contributed by atoms with Gasteiger partial charge in [0.25, 0.3) is 0 Å². The number of nitrogens with zero attached hydrogens (tertiary/aromatic N) is 4. The van der Waals surface area contributed by atoms with Gasteiger partial charge in [-0.3, -0.25) is 0 Å². The lowest BCUT2D eigenvalue weighted by Gasteiger charge is -1.97. The van der Waals surface area contributed by atoms with Crippen molar-refractivity contribution >= 4 is 5.95 Å². The first-order chi connectivity index (χ1) is 7.69. The van der Waals surface area contributed by atoms with Crippen LogP contribution in [0, 0.1) is 13.8 Å². The molecule has 0 amide bonds. The average molecular weight is 203 g/mol. The number of hydrogen-bond donors (Lipinski definition) is 1. The van der Waals surface area contributed by atoms with E-state index in [1.54, 1.807) is 11.5 Å². The quantitative estimate of drug-likeness (QED) is 0.715. The van der Waals surface area contributed by atoms with Crippen LogP contribution in [-0.2, 0) is 0 Å². The molecule has 0 radical (unpaired) electrons. The summed E-state index contributed by atoms with van der Waals surface area (Å²) in [5.74, 6) is 1.33. The summed E-state index contributed by atoms with van der Waals surface area (Å²) in [6.45, 7) is 3.76. The van der Waals surface area contributed by atoms with Crippen LogP contribution in [0.5, 0.6) is 0 Å². The van der Waals surface area contributed by atoms with Crippen molar-refractivity contribution in [3.05, 3.63) is 35.9 Å². The van der Waals surface area contributed by atoms with Gasteiger partial charge in [-0.2, -0.15) is 4.98 Å². The summed E-state index contributed by atoms with van der Waals surface area (Å²) in [6, 6.07) is 3.91. The first-order valence-electron chi connectivity index (χ1n) is 5.08. The highest BCUT2D eigenvalue weighted by Crippen LogP contribution is 1.97. The third kappa shape index (κ3) is 2.07. The van der Waals surface area contributed by atoms with Crippen LogP contribution >= 0.6 is 0 Å². The van der Waals surface area contributed by atoms with E-state index in [4.69, 9.17) is 1.41 Å². The molecular weight excluding hydrogens is 190 g/mol. The van der Waals surface area contributed by atoms with Crippen LogP contribution in [0.15, 0.2) is 24.5 Å². The van der Waals surface area contributed by atoms with Gasteiger partial charge in [-0.05, 0) is 23.5 Å². The molecule has 0 saturated heterocycles. The van der Waals surface area contributed by atoms with Crippen LogP contribution in [-0.4, -0.2) is 15.0 Å². The first kappa shape index (κ1) is 8.28. The number of aromatic nitrogens is 4. The van der Waals surface area contributed by atoms with Gasteiger partial charge in [0.05, 0.1) is 12.4 Å². The summed E-state index contributed by atoms with van der Waals surface area (Å²) in [5.41, 5.74) is 3.28. The van der Waals surface area contributed by atoms with Gasteiger partial charge in [-0.25, -0.2) is 4.57 Å². The highest BCUT2D eigenvalue weighted by molar-refractivity contribution is 5.18. The van der Waals surface area contributed by atoms with Crippen LogP contribution in [0.3, 0.4) is 0 Å². The highest BCUT2D eigenvalue weighted by Gasteiger charge is 2.13. The molecule has 2 aromatic rings. The maximum Gasteiger partial charge on any atom is 0.442 e. The molecule has 2 aromatic heterocycles. The van der Waals surface area contributed by atoms with Crippen LogP contribution in [0.4, 0.5) is 5.95 Å². The van der Waals surface area contributed by atoms with Crippen molar-refractivity contribution in [1.82, 2.24) is 15.0 Å². The lowest BCUT2D eigenvalue weighted by molar-refractivity contribution is -0.604. The van der Waals surface area contributed by atoms with Crippen molar-refractivity contribution in [3.63, 3.8) is 0 Å². The predicted octanol–water partition coefficient (Wildman–Crippen LogP) is 0.347. The maximum atomic E-state index is 7.03. The van der Waals surface area contributed by atoms with E-state index in [1.807, 2.05) is 31.5 Å². The molecule has 2 N–H and O–H groups in total. The Labute approximate surface area is 89.1 Å². The number of nitrogen functional groups attached to an aromatic ring is 1. The van der Waals surface area contributed by atoms with Gasteiger partial charge in [0, 0.05) is 6.92 Å². The van der Waals surface area contributed by atoms with E-state index >= 15 is 0 Å². The standard InChI is InChI=1S/C10H12N5/c1-7-4-3-5-15(6-7)10-13-8(2)12-9(11)14-10/h3-6H,1-2H3,(H2,11,12,13,14)/q+1/i/hD. The lowest BCUT2D eigenvalue weighted by Crippen LogP contribution is -2.33. The van der Waals surface area contributed by atoms with Gasteiger partial charge in [-0.1, -0.05) is 11.1 Å². The molecule has 0 atom stereocenters. The summed E-state index contributed by atoms with van der Waals surface area (Å²) in [7, 11) is 0. The molecule has 5 heteroatoms. The van der Waals surface area contributed by atoms with Gasteiger partial charge in [0.1, 0.15) is 0 Å². The Hall–Kier alpha value is -2.04. The molecule has 0 aliphatic carbocycles. The van der Waals surface area contributed by atoms with E-state index in [0.717, 1.165) is 5.56 Å². The molecule has 0 spiro atoms. The Kier molecular flexibility index (Phi) is 1.99. The van der Waals surface area contributed by atoms with E-state index in [9.17, 15) is 0 Å². The molecule has 0 fully saturated rings. The van der Waals surface area contributed by atoms with E-state index in [2.05, 4.69) is 20.7 Å². The molecule has 2 heterocycles. The van der Waals surface area contributed by atoms with Gasteiger partial charge < -0.3 is 5.73 Å². The molecule has 0 aliphatic heterocycles. The minimum Gasteiger partial charge on any atom is -0.353 e. The smallest absolute Gasteiger partial charge is 0.353 e. The van der Waals surface area contributed by atoms with Crippen molar-refractivity contribution in [1.29, 1.82) is 0 Å². The van der Waals surface area contributed by atoms with Gasteiger partial charge in [0.2, 0.25) is 5.82 Å². The van der Waals surface area contributed by atoms with Crippen LogP contribution < -0.4 is 10.3 Å². The van der Waals surface area contributed by atoms with Crippen molar-refractivity contribution in [2.24, 2.45) is 0 Å². The lowest BCUT2D eigenvalue weighted by atomic mass is 10.3. The van der Waals surface area contributed by atoms with E-state index in [-0.39, 0.29) is 5.95 Å². The first-order valence-corrected chi connectivity index (χ1v) is 4.58. The zero-order chi connectivity index (χ0) is 11.5. The Morgan fingerprint density at radius 1 is 1.33 bits per heavy atom. The van der Waals surface area contributed by atoms with Crippen molar-refractivity contribution in [2.75, 3.05) is 5.73 Å². The molecule has 0 aliphatic rings. The van der Waals surface area contributed by atoms with Crippen molar-refractivity contribution in [3.8, 4) is 5.95 Å². The highest BCUT2D eigenvalue weighted by atomic mass is 15.2. The minimum atomic E-state index is 0.247. The van der Waals surface area contributed by atoms with Gasteiger partial charge in [-0.15, -0.1) is 0 Å². The fourth-order valence-corrected chi connectivity index (χ4v) is 1.30. The summed E-state index contributed by atoms with van der Waals surface area (Å²) in [4.78, 5) is 12.3. The number of anilines is 1. The molecule has 0 aromatic carbocycles. The third-order valence-electron chi connectivity index (χ3n) is 1.91. The number of aryl methyl sites for hydroxylation is 2. The Balaban J connectivity index is 2.51. The molecule has 0 saturated carbocycles. The zero-order valence-electron chi connectivity index (χ0n) is 9.60. The van der Waals surface area contributed by atoms with E-state index in [1.165, 1.54) is 0 Å². The summed E-state index contributed by atoms with van der Waals surface area (Å²) < 4.78 is 8.83. The van der Waals surface area contributed by atoms with Crippen molar-refractivity contribution in [2.45, 2.75) is 13.8 Å². The molecule has 0 bridgehead atoms. The van der Waals surface area contributed by atoms with Gasteiger partial charge >= 0.3 is 11.9 Å². The number of pyridine rings is 1. The van der Waals surface area contributed by atoms with E-state index in [0.29, 0.717) is 11.8 Å². The van der Waals surface area contributed by atoms with Crippen LogP contribution in [0.25, 0.3) is 5.95 Å². The predicted molar refractivity (Wildman–Crippen MR) is 55.2 cm³/mol. The number of rotatable bonds is 2. The second-order valence-corrected chi connectivity index (χ2v) is 3.29. The SMILES string of the molecule is [2H]Nc1nc(C)nc(-[n+]2cccc(C)c2)n1. The summed E-state index contributed by atoms with van der Waals surface area (Å²) >= 11 is 0. The monoisotopic (exact) mass is 203 g/mol. The molecule has 2 rings (SSSR count). The molecule has 5 nitrogen and oxygen atoms in total. The second kappa shape index (κ2) is 3.61. The minimum absolute atomic E-state index is 0.247. The Bertz CT molecular complexity index is 514. The Morgan fingerprint density at radius 3 is 2.93 bits per heavy atom. The summed E-state index contributed by atoms with van der Waals surface area (Å²) in [5, 5.41) is 0. The second-order valence-electron chi connectivity index (χ2n) is 3.29. The third-order valence-corrected chi connectivity index (χ3v) is 1.91. The zero-order valence-corrected chi connectivity index (χ0v) is 8.60. The molecule has 15 heavy (non-hydrogen) atoms. The topological polar surface area (TPSA) is 68.6 Å². The maximum absolute atomic E-state index is 7.03. The molecule has 76 valence electrons.